The first-order valence-corrected chi connectivity index (χ1v) is 6.99. The fraction of sp³-hybridized carbons (Fsp3) is 0.562. The van der Waals surface area contributed by atoms with E-state index in [2.05, 4.69) is 37.7 Å². The molecule has 106 valence electrons. The Morgan fingerprint density at radius 1 is 1.42 bits per heavy atom. The zero-order valence-corrected chi connectivity index (χ0v) is 12.6. The summed E-state index contributed by atoms with van der Waals surface area (Å²) in [6.45, 7) is 14.7. The molecule has 3 nitrogen and oxygen atoms in total. The molecule has 1 aromatic rings. The number of aryl methyl sites for hydroxylation is 1. The molecule has 1 rings (SSSR count). The van der Waals surface area contributed by atoms with E-state index < -0.39 is 0 Å². The van der Waals surface area contributed by atoms with Crippen LogP contribution in [0.2, 0.25) is 0 Å². The molecular formula is C16H26N2O. The van der Waals surface area contributed by atoms with Crippen molar-refractivity contribution >= 4 is 0 Å². The van der Waals surface area contributed by atoms with Crippen LogP contribution in [0.4, 0.5) is 0 Å². The summed E-state index contributed by atoms with van der Waals surface area (Å²) < 4.78 is 5.80. The second kappa shape index (κ2) is 7.95. The van der Waals surface area contributed by atoms with Crippen LogP contribution in [0.1, 0.15) is 38.6 Å². The van der Waals surface area contributed by atoms with Crippen LogP contribution < -0.4 is 10.1 Å². The van der Waals surface area contributed by atoms with E-state index in [1.54, 1.807) is 0 Å². The number of hydrogen-bond acceptors (Lipinski definition) is 3. The molecular weight excluding hydrogens is 236 g/mol. The highest BCUT2D eigenvalue weighted by atomic mass is 16.5. The van der Waals surface area contributed by atoms with Crippen molar-refractivity contribution in [2.24, 2.45) is 5.92 Å². The summed E-state index contributed by atoms with van der Waals surface area (Å²) in [6, 6.07) is 3.98. The average molecular weight is 262 g/mol. The van der Waals surface area contributed by atoms with Gasteiger partial charge in [-0.05, 0) is 43.5 Å². The summed E-state index contributed by atoms with van der Waals surface area (Å²) in [5, 5.41) is 3.41. The number of nitrogens with zero attached hydrogens (tertiary/aromatic N) is 1. The molecule has 1 N–H and O–H groups in total. The molecule has 0 aromatic carbocycles. The van der Waals surface area contributed by atoms with Gasteiger partial charge in [-0.1, -0.05) is 27.4 Å². The lowest BCUT2D eigenvalue weighted by Crippen LogP contribution is -2.20. The van der Waals surface area contributed by atoms with E-state index in [1.807, 2.05) is 19.1 Å². The molecule has 0 saturated heterocycles. The minimum Gasteiger partial charge on any atom is -0.487 e. The van der Waals surface area contributed by atoms with Crippen molar-refractivity contribution in [3.8, 4) is 5.75 Å². The summed E-state index contributed by atoms with van der Waals surface area (Å²) in [5.74, 6) is 1.49. The average Bonchev–Trinajstić information content (AvgIpc) is 2.37. The fourth-order valence-corrected chi connectivity index (χ4v) is 1.62. The second-order valence-electron chi connectivity index (χ2n) is 5.31. The fourth-order valence-electron chi connectivity index (χ4n) is 1.62. The Kier molecular flexibility index (Phi) is 6.57. The van der Waals surface area contributed by atoms with Gasteiger partial charge < -0.3 is 10.1 Å². The maximum Gasteiger partial charge on any atom is 0.142 e. The first-order chi connectivity index (χ1) is 9.02. The lowest BCUT2D eigenvalue weighted by molar-refractivity contribution is 0.341. The molecule has 0 aliphatic heterocycles. The van der Waals surface area contributed by atoms with Gasteiger partial charge in [0.1, 0.15) is 12.4 Å². The van der Waals surface area contributed by atoms with E-state index in [4.69, 9.17) is 4.74 Å². The van der Waals surface area contributed by atoms with Crippen LogP contribution in [0, 0.1) is 12.8 Å². The van der Waals surface area contributed by atoms with Crippen LogP contribution >= 0.6 is 0 Å². The van der Waals surface area contributed by atoms with E-state index in [1.165, 1.54) is 0 Å². The first-order valence-electron chi connectivity index (χ1n) is 6.99. The van der Waals surface area contributed by atoms with Crippen molar-refractivity contribution in [3.05, 3.63) is 35.7 Å². The number of aromatic nitrogens is 1. The molecule has 0 unspecified atom stereocenters. The van der Waals surface area contributed by atoms with Gasteiger partial charge in [-0.25, -0.2) is 0 Å². The predicted molar refractivity (Wildman–Crippen MR) is 80.4 cm³/mol. The molecule has 0 saturated carbocycles. The summed E-state index contributed by atoms with van der Waals surface area (Å²) in [6.07, 6.45) is 0.945. The van der Waals surface area contributed by atoms with Gasteiger partial charge in [0.2, 0.25) is 0 Å². The van der Waals surface area contributed by atoms with Crippen molar-refractivity contribution in [2.45, 2.75) is 40.7 Å². The first kappa shape index (κ1) is 15.7. The Balaban J connectivity index is 2.65. The van der Waals surface area contributed by atoms with Gasteiger partial charge in [0.25, 0.3) is 0 Å². The molecule has 1 aromatic heterocycles. The van der Waals surface area contributed by atoms with Crippen LogP contribution in [-0.2, 0) is 6.54 Å². The van der Waals surface area contributed by atoms with Gasteiger partial charge in [0.15, 0.2) is 0 Å². The molecule has 3 heteroatoms. The monoisotopic (exact) mass is 262 g/mol. The summed E-state index contributed by atoms with van der Waals surface area (Å²) in [4.78, 5) is 4.56. The van der Waals surface area contributed by atoms with Gasteiger partial charge in [-0.3, -0.25) is 4.98 Å². The molecule has 0 radical (unpaired) electrons. The van der Waals surface area contributed by atoms with Gasteiger partial charge >= 0.3 is 0 Å². The van der Waals surface area contributed by atoms with E-state index in [9.17, 15) is 0 Å². The minimum atomic E-state index is 0.568. The third-order valence-corrected chi connectivity index (χ3v) is 2.85. The molecule has 0 bridgehead atoms. The van der Waals surface area contributed by atoms with Crippen molar-refractivity contribution < 1.29 is 4.74 Å². The topological polar surface area (TPSA) is 34.1 Å². The van der Waals surface area contributed by atoms with Crippen LogP contribution in [0.25, 0.3) is 0 Å². The highest BCUT2D eigenvalue weighted by Crippen LogP contribution is 2.18. The Morgan fingerprint density at radius 2 is 2.16 bits per heavy atom. The quantitative estimate of drug-likeness (QED) is 0.728. The van der Waals surface area contributed by atoms with Gasteiger partial charge in [0.05, 0.1) is 5.69 Å². The normalized spacial score (nSPS) is 10.8. The van der Waals surface area contributed by atoms with Gasteiger partial charge in [-0.2, -0.15) is 0 Å². The zero-order chi connectivity index (χ0) is 14.3. The number of pyridine rings is 1. The van der Waals surface area contributed by atoms with E-state index >= 15 is 0 Å². The summed E-state index contributed by atoms with van der Waals surface area (Å²) >= 11 is 0. The maximum absolute atomic E-state index is 5.80. The molecule has 0 atom stereocenters. The largest absolute Gasteiger partial charge is 0.487 e. The van der Waals surface area contributed by atoms with Crippen LogP contribution in [0.15, 0.2) is 24.3 Å². The lowest BCUT2D eigenvalue weighted by atomic mass is 10.2. The molecule has 0 aliphatic carbocycles. The summed E-state index contributed by atoms with van der Waals surface area (Å²) in [7, 11) is 0. The lowest BCUT2D eigenvalue weighted by Gasteiger charge is -2.13. The Morgan fingerprint density at radius 3 is 2.79 bits per heavy atom. The van der Waals surface area contributed by atoms with Crippen molar-refractivity contribution in [2.75, 3.05) is 13.2 Å². The molecule has 1 heterocycles. The van der Waals surface area contributed by atoms with E-state index in [0.29, 0.717) is 12.5 Å². The van der Waals surface area contributed by atoms with Crippen molar-refractivity contribution in [1.29, 1.82) is 0 Å². The smallest absolute Gasteiger partial charge is 0.142 e. The molecule has 19 heavy (non-hydrogen) atoms. The Labute approximate surface area is 117 Å². The Hall–Kier alpha value is -1.35. The third-order valence-electron chi connectivity index (χ3n) is 2.85. The standard InChI is InChI=1S/C16H26N2O/c1-6-13(4)11-19-16-8-7-14(5)18-15(16)10-17-9-12(2)3/h7-8,12,17H,4,6,9-11H2,1-3,5H3. The molecule has 0 aliphatic rings. The van der Waals surface area contributed by atoms with Crippen molar-refractivity contribution in [1.82, 2.24) is 10.3 Å². The predicted octanol–water partition coefficient (Wildman–Crippen LogP) is 3.48. The molecule has 0 spiro atoms. The number of ether oxygens (including phenoxy) is 1. The number of rotatable bonds is 8. The van der Waals surface area contributed by atoms with Gasteiger partial charge in [0, 0.05) is 12.2 Å². The number of nitrogens with one attached hydrogen (secondary N) is 1. The van der Waals surface area contributed by atoms with Crippen LogP contribution in [0.3, 0.4) is 0 Å². The van der Waals surface area contributed by atoms with E-state index in [-0.39, 0.29) is 0 Å². The van der Waals surface area contributed by atoms with Gasteiger partial charge in [-0.15, -0.1) is 0 Å². The van der Waals surface area contributed by atoms with Crippen LogP contribution in [0.5, 0.6) is 5.75 Å². The highest BCUT2D eigenvalue weighted by molar-refractivity contribution is 5.29. The third kappa shape index (κ3) is 5.88. The van der Waals surface area contributed by atoms with Crippen LogP contribution in [-0.4, -0.2) is 18.1 Å². The highest BCUT2D eigenvalue weighted by Gasteiger charge is 2.06. The Bertz CT molecular complexity index is 413. The van der Waals surface area contributed by atoms with Crippen molar-refractivity contribution in [3.63, 3.8) is 0 Å². The SMILES string of the molecule is C=C(CC)COc1ccc(C)nc1CNCC(C)C. The summed E-state index contributed by atoms with van der Waals surface area (Å²) in [5.41, 5.74) is 3.09. The minimum absolute atomic E-state index is 0.568. The second-order valence-corrected chi connectivity index (χ2v) is 5.31. The maximum atomic E-state index is 5.80. The molecule has 0 fully saturated rings. The van der Waals surface area contributed by atoms with E-state index in [0.717, 1.165) is 42.2 Å². The zero-order valence-electron chi connectivity index (χ0n) is 12.6. The number of hydrogen-bond donors (Lipinski definition) is 1. The molecule has 0 amide bonds.